The monoisotopic (exact) mass is 425 g/mol. The summed E-state index contributed by atoms with van der Waals surface area (Å²) in [4.78, 5) is 30.1. The third-order valence-corrected chi connectivity index (χ3v) is 4.78. The lowest BCUT2D eigenvalue weighted by molar-refractivity contribution is 0.102. The molecule has 0 aliphatic heterocycles. The van der Waals surface area contributed by atoms with Gasteiger partial charge in [0, 0.05) is 22.7 Å². The van der Waals surface area contributed by atoms with Crippen molar-refractivity contribution in [2.75, 3.05) is 5.32 Å². The molecule has 0 aliphatic rings. The Balaban J connectivity index is 1.78. The Hall–Kier alpha value is -3.58. The Morgan fingerprint density at radius 1 is 1.07 bits per heavy atom. The van der Waals surface area contributed by atoms with E-state index >= 15 is 0 Å². The number of halogens is 3. The fourth-order valence-corrected chi connectivity index (χ4v) is 3.19. The molecule has 0 bridgehead atoms. The van der Waals surface area contributed by atoms with Gasteiger partial charge in [0.05, 0.1) is 12.2 Å². The number of hydrogen-bond donors (Lipinski definition) is 1. The number of carbonyl (C=O) groups is 1. The fraction of sp³-hybridized carbons (Fsp3) is 0.0455. The summed E-state index contributed by atoms with van der Waals surface area (Å²) in [5.74, 6) is -2.51. The number of nitrogens with one attached hydrogen (secondary N) is 1. The van der Waals surface area contributed by atoms with Crippen LogP contribution in [0.3, 0.4) is 0 Å². The molecule has 8 heteroatoms. The summed E-state index contributed by atoms with van der Waals surface area (Å²) in [6, 6.07) is 14.5. The number of fused-ring (bicyclic) bond motifs is 1. The van der Waals surface area contributed by atoms with E-state index in [0.29, 0.717) is 22.1 Å². The molecule has 0 spiro atoms. The molecule has 1 amide bonds. The zero-order chi connectivity index (χ0) is 21.3. The summed E-state index contributed by atoms with van der Waals surface area (Å²) in [5, 5.41) is 3.45. The molecule has 0 saturated carbocycles. The van der Waals surface area contributed by atoms with Gasteiger partial charge in [0.1, 0.15) is 22.8 Å². The molecule has 2 heterocycles. The van der Waals surface area contributed by atoms with Crippen molar-refractivity contribution in [2.24, 2.45) is 0 Å². The number of benzene rings is 2. The number of nitrogens with zero attached hydrogens (tertiary/aromatic N) is 2. The minimum atomic E-state index is -0.938. The summed E-state index contributed by atoms with van der Waals surface area (Å²) < 4.78 is 28.4. The summed E-state index contributed by atoms with van der Waals surface area (Å²) in [6.07, 6.45) is 1.55. The largest absolute Gasteiger partial charge is 0.319 e. The molecule has 0 radical (unpaired) electrons. The molecule has 30 heavy (non-hydrogen) atoms. The van der Waals surface area contributed by atoms with Crippen LogP contribution in [0.4, 0.5) is 14.5 Å². The van der Waals surface area contributed by atoms with E-state index in [2.05, 4.69) is 10.3 Å². The topological polar surface area (TPSA) is 64.0 Å². The highest BCUT2D eigenvalue weighted by atomic mass is 35.5. The van der Waals surface area contributed by atoms with Gasteiger partial charge in [0.2, 0.25) is 0 Å². The van der Waals surface area contributed by atoms with Gasteiger partial charge in [-0.15, -0.1) is 0 Å². The SMILES string of the molecule is O=C(Nc1ccc(F)cc1F)c1cc2cccnc2n(Cc2ccc(Cl)cc2)c1=O. The van der Waals surface area contributed by atoms with Gasteiger partial charge in [-0.1, -0.05) is 23.7 Å². The first-order chi connectivity index (χ1) is 14.4. The Bertz CT molecular complexity index is 1320. The number of pyridine rings is 2. The maximum Gasteiger partial charge on any atom is 0.265 e. The first-order valence-corrected chi connectivity index (χ1v) is 9.29. The molecule has 4 aromatic rings. The number of aromatic nitrogens is 2. The van der Waals surface area contributed by atoms with Crippen LogP contribution in [0.1, 0.15) is 15.9 Å². The normalized spacial score (nSPS) is 10.9. The molecule has 2 aromatic heterocycles. The van der Waals surface area contributed by atoms with E-state index in [1.165, 1.54) is 10.6 Å². The van der Waals surface area contributed by atoms with Crippen molar-refractivity contribution in [2.45, 2.75) is 6.54 Å². The predicted molar refractivity (Wildman–Crippen MR) is 111 cm³/mol. The second-order valence-corrected chi connectivity index (χ2v) is 7.01. The second-order valence-electron chi connectivity index (χ2n) is 6.57. The molecule has 0 atom stereocenters. The molecule has 2 aromatic carbocycles. The average Bonchev–Trinajstić information content (AvgIpc) is 2.73. The summed E-state index contributed by atoms with van der Waals surface area (Å²) in [7, 11) is 0. The average molecular weight is 426 g/mol. The van der Waals surface area contributed by atoms with Crippen LogP contribution in [0, 0.1) is 11.6 Å². The van der Waals surface area contributed by atoms with E-state index in [4.69, 9.17) is 11.6 Å². The highest BCUT2D eigenvalue weighted by Crippen LogP contribution is 2.18. The van der Waals surface area contributed by atoms with Crippen LogP contribution in [0.5, 0.6) is 0 Å². The molecule has 5 nitrogen and oxygen atoms in total. The van der Waals surface area contributed by atoms with E-state index in [1.807, 2.05) is 0 Å². The first kappa shape index (κ1) is 19.7. The van der Waals surface area contributed by atoms with Crippen molar-refractivity contribution in [3.63, 3.8) is 0 Å². The van der Waals surface area contributed by atoms with E-state index in [1.54, 1.807) is 42.6 Å². The van der Waals surface area contributed by atoms with Crippen LogP contribution in [0.2, 0.25) is 5.02 Å². The van der Waals surface area contributed by atoms with Crippen molar-refractivity contribution in [3.8, 4) is 0 Å². The standard InChI is InChI=1S/C22H14ClF2N3O2/c23-15-5-3-13(4-6-15)12-28-20-14(2-1-9-26-20)10-17(22(28)30)21(29)27-19-8-7-16(24)11-18(19)25/h1-11H,12H2,(H,27,29). The number of hydrogen-bond acceptors (Lipinski definition) is 3. The number of amides is 1. The van der Waals surface area contributed by atoms with E-state index in [0.717, 1.165) is 17.7 Å². The maximum absolute atomic E-state index is 13.9. The first-order valence-electron chi connectivity index (χ1n) is 8.92. The Morgan fingerprint density at radius 2 is 1.83 bits per heavy atom. The van der Waals surface area contributed by atoms with Crippen molar-refractivity contribution in [1.82, 2.24) is 9.55 Å². The lowest BCUT2D eigenvalue weighted by atomic mass is 10.1. The van der Waals surface area contributed by atoms with Gasteiger partial charge >= 0.3 is 0 Å². The smallest absolute Gasteiger partial charge is 0.265 e. The third-order valence-electron chi connectivity index (χ3n) is 4.53. The van der Waals surface area contributed by atoms with Gasteiger partial charge in [0.25, 0.3) is 11.5 Å². The summed E-state index contributed by atoms with van der Waals surface area (Å²) in [5.41, 5.74) is 0.193. The molecule has 1 N–H and O–H groups in total. The quantitative estimate of drug-likeness (QED) is 0.518. The Kier molecular flexibility index (Phi) is 5.29. The minimum Gasteiger partial charge on any atom is -0.319 e. The highest BCUT2D eigenvalue weighted by Gasteiger charge is 2.18. The van der Waals surface area contributed by atoms with E-state index in [9.17, 15) is 18.4 Å². The molecule has 150 valence electrons. The van der Waals surface area contributed by atoms with Crippen molar-refractivity contribution in [3.05, 3.63) is 105 Å². The van der Waals surface area contributed by atoms with E-state index in [-0.39, 0.29) is 17.8 Å². The van der Waals surface area contributed by atoms with Gasteiger partial charge in [-0.05, 0) is 48.0 Å². The Labute approximate surface area is 174 Å². The van der Waals surface area contributed by atoms with Gasteiger partial charge in [-0.2, -0.15) is 0 Å². The van der Waals surface area contributed by atoms with Gasteiger partial charge < -0.3 is 5.32 Å². The molecule has 0 aliphatic carbocycles. The van der Waals surface area contributed by atoms with Gasteiger partial charge in [-0.3, -0.25) is 14.2 Å². The van der Waals surface area contributed by atoms with Crippen molar-refractivity contribution >= 4 is 34.2 Å². The maximum atomic E-state index is 13.9. The molecule has 0 saturated heterocycles. The number of carbonyl (C=O) groups excluding carboxylic acids is 1. The molecular formula is C22H14ClF2N3O2. The van der Waals surface area contributed by atoms with Crippen LogP contribution in [0.25, 0.3) is 11.0 Å². The summed E-state index contributed by atoms with van der Waals surface area (Å²) >= 11 is 5.92. The third kappa shape index (κ3) is 3.92. The van der Waals surface area contributed by atoms with Crippen LogP contribution in [-0.4, -0.2) is 15.5 Å². The number of anilines is 1. The van der Waals surface area contributed by atoms with Crippen LogP contribution < -0.4 is 10.9 Å². The van der Waals surface area contributed by atoms with Crippen molar-refractivity contribution < 1.29 is 13.6 Å². The van der Waals surface area contributed by atoms with Gasteiger partial charge in [-0.25, -0.2) is 13.8 Å². The van der Waals surface area contributed by atoms with Gasteiger partial charge in [0.15, 0.2) is 0 Å². The molecule has 0 fully saturated rings. The van der Waals surface area contributed by atoms with Crippen LogP contribution in [0.15, 0.2) is 71.7 Å². The second kappa shape index (κ2) is 8.04. The lowest BCUT2D eigenvalue weighted by Crippen LogP contribution is -2.30. The number of rotatable bonds is 4. The highest BCUT2D eigenvalue weighted by molar-refractivity contribution is 6.30. The molecular weight excluding hydrogens is 412 g/mol. The zero-order valence-corrected chi connectivity index (χ0v) is 16.2. The van der Waals surface area contributed by atoms with Crippen LogP contribution >= 0.6 is 11.6 Å². The minimum absolute atomic E-state index is 0.162. The van der Waals surface area contributed by atoms with Crippen molar-refractivity contribution in [1.29, 1.82) is 0 Å². The lowest BCUT2D eigenvalue weighted by Gasteiger charge is -2.13. The Morgan fingerprint density at radius 3 is 2.57 bits per heavy atom. The summed E-state index contributed by atoms with van der Waals surface area (Å²) in [6.45, 7) is 0.162. The fourth-order valence-electron chi connectivity index (χ4n) is 3.07. The van der Waals surface area contributed by atoms with E-state index < -0.39 is 23.1 Å². The predicted octanol–water partition coefficient (Wildman–Crippen LogP) is 4.63. The molecule has 0 unspecified atom stereocenters. The van der Waals surface area contributed by atoms with Crippen LogP contribution in [-0.2, 0) is 6.54 Å². The zero-order valence-electron chi connectivity index (χ0n) is 15.4. The molecule has 4 rings (SSSR count).